The second-order valence-electron chi connectivity index (χ2n) is 4.65. The first-order valence-corrected chi connectivity index (χ1v) is 6.49. The number of hydrogen-bond donors (Lipinski definition) is 3. The van der Waals surface area contributed by atoms with Crippen LogP contribution in [0, 0.1) is 0 Å². The van der Waals surface area contributed by atoms with Crippen molar-refractivity contribution in [1.29, 1.82) is 0 Å². The van der Waals surface area contributed by atoms with E-state index in [1.807, 2.05) is 6.07 Å². The van der Waals surface area contributed by atoms with Gasteiger partial charge in [-0.25, -0.2) is 10.2 Å². The van der Waals surface area contributed by atoms with Crippen LogP contribution in [0.15, 0.2) is 35.4 Å². The average molecular weight is 289 g/mol. The quantitative estimate of drug-likeness (QED) is 0.712. The van der Waals surface area contributed by atoms with Gasteiger partial charge >= 0.3 is 5.97 Å². The number of nitrogens with zero attached hydrogens (tertiary/aromatic N) is 1. The SMILES string of the molecule is O=C1CCC(C(=O)N[C@H](Cc2ccccc2)C(=O)O)=NN1. The number of amides is 2. The Hall–Kier alpha value is -2.70. The molecule has 21 heavy (non-hydrogen) atoms. The summed E-state index contributed by atoms with van der Waals surface area (Å²) in [7, 11) is 0. The first-order valence-electron chi connectivity index (χ1n) is 6.49. The number of carbonyl (C=O) groups is 3. The summed E-state index contributed by atoms with van der Waals surface area (Å²) in [5.41, 5.74) is 3.15. The van der Waals surface area contributed by atoms with Crippen LogP contribution in [0.3, 0.4) is 0 Å². The van der Waals surface area contributed by atoms with E-state index in [9.17, 15) is 19.5 Å². The van der Waals surface area contributed by atoms with E-state index in [1.165, 1.54) is 0 Å². The summed E-state index contributed by atoms with van der Waals surface area (Å²) in [6.07, 6.45) is 0.555. The zero-order valence-electron chi connectivity index (χ0n) is 11.2. The second-order valence-corrected chi connectivity index (χ2v) is 4.65. The van der Waals surface area contributed by atoms with Crippen LogP contribution in [0.1, 0.15) is 18.4 Å². The Bertz CT molecular complexity index is 583. The van der Waals surface area contributed by atoms with Crippen molar-refractivity contribution >= 4 is 23.5 Å². The number of nitrogens with one attached hydrogen (secondary N) is 2. The number of aliphatic carboxylic acids is 1. The fourth-order valence-corrected chi connectivity index (χ4v) is 1.93. The van der Waals surface area contributed by atoms with Gasteiger partial charge in [-0.2, -0.15) is 5.10 Å². The number of rotatable bonds is 5. The molecule has 3 N–H and O–H groups in total. The molecule has 1 aliphatic heterocycles. The monoisotopic (exact) mass is 289 g/mol. The molecule has 0 saturated carbocycles. The fourth-order valence-electron chi connectivity index (χ4n) is 1.93. The van der Waals surface area contributed by atoms with Crippen LogP contribution >= 0.6 is 0 Å². The van der Waals surface area contributed by atoms with Crippen molar-refractivity contribution in [2.24, 2.45) is 5.10 Å². The molecule has 1 aliphatic rings. The highest BCUT2D eigenvalue weighted by Crippen LogP contribution is 2.05. The largest absolute Gasteiger partial charge is 0.480 e. The Morgan fingerprint density at radius 3 is 2.57 bits per heavy atom. The molecule has 0 bridgehead atoms. The number of carbonyl (C=O) groups excluding carboxylic acids is 2. The van der Waals surface area contributed by atoms with Gasteiger partial charge in [0, 0.05) is 19.3 Å². The number of hydrogen-bond acceptors (Lipinski definition) is 4. The molecule has 0 radical (unpaired) electrons. The molecule has 0 unspecified atom stereocenters. The molecule has 0 spiro atoms. The second kappa shape index (κ2) is 6.65. The lowest BCUT2D eigenvalue weighted by Crippen LogP contribution is -2.46. The van der Waals surface area contributed by atoms with Gasteiger partial charge in [0.2, 0.25) is 5.91 Å². The molecule has 0 aliphatic carbocycles. The van der Waals surface area contributed by atoms with Gasteiger partial charge in [-0.05, 0) is 5.56 Å². The maximum Gasteiger partial charge on any atom is 0.326 e. The van der Waals surface area contributed by atoms with Crippen molar-refractivity contribution in [2.75, 3.05) is 0 Å². The molecular formula is C14H15N3O4. The van der Waals surface area contributed by atoms with Gasteiger partial charge in [-0.1, -0.05) is 30.3 Å². The topological polar surface area (TPSA) is 108 Å². The first-order chi connectivity index (χ1) is 10.1. The van der Waals surface area contributed by atoms with E-state index in [0.29, 0.717) is 0 Å². The summed E-state index contributed by atoms with van der Waals surface area (Å²) in [5.74, 6) is -1.95. The van der Waals surface area contributed by atoms with E-state index >= 15 is 0 Å². The van der Waals surface area contributed by atoms with Crippen molar-refractivity contribution in [2.45, 2.75) is 25.3 Å². The van der Waals surface area contributed by atoms with E-state index in [-0.39, 0.29) is 30.9 Å². The minimum Gasteiger partial charge on any atom is -0.480 e. The molecule has 2 amide bonds. The lowest BCUT2D eigenvalue weighted by Gasteiger charge is -2.17. The summed E-state index contributed by atoms with van der Waals surface area (Å²) in [6.45, 7) is 0. The molecule has 1 heterocycles. The first kappa shape index (κ1) is 14.7. The highest BCUT2D eigenvalue weighted by Gasteiger charge is 2.24. The van der Waals surface area contributed by atoms with Crippen LogP contribution in [0.4, 0.5) is 0 Å². The van der Waals surface area contributed by atoms with Crippen molar-refractivity contribution in [1.82, 2.24) is 10.7 Å². The maximum atomic E-state index is 12.0. The van der Waals surface area contributed by atoms with Crippen molar-refractivity contribution in [3.8, 4) is 0 Å². The zero-order valence-corrected chi connectivity index (χ0v) is 11.2. The van der Waals surface area contributed by atoms with Crippen LogP contribution in [-0.4, -0.2) is 34.6 Å². The predicted molar refractivity (Wildman–Crippen MR) is 74.5 cm³/mol. The molecule has 7 heteroatoms. The Kier molecular flexibility index (Phi) is 4.65. The summed E-state index contributed by atoms with van der Waals surface area (Å²) >= 11 is 0. The van der Waals surface area contributed by atoms with E-state index in [1.54, 1.807) is 24.3 Å². The molecule has 0 fully saturated rings. The number of carboxylic acids is 1. The minimum atomic E-state index is -1.12. The molecule has 1 aromatic rings. The molecule has 1 atom stereocenters. The minimum absolute atomic E-state index is 0.133. The summed E-state index contributed by atoms with van der Waals surface area (Å²) in [5, 5.41) is 15.3. The van der Waals surface area contributed by atoms with Gasteiger partial charge in [0.25, 0.3) is 5.91 Å². The fraction of sp³-hybridized carbons (Fsp3) is 0.286. The standard InChI is InChI=1S/C14H15N3O4/c18-12-7-6-10(16-17-12)13(19)15-11(14(20)21)8-9-4-2-1-3-5-9/h1-5,11H,6-8H2,(H,15,19)(H,17,18)(H,20,21)/t11-/m1/s1. The van der Waals surface area contributed by atoms with Crippen LogP contribution in [0.2, 0.25) is 0 Å². The third-order valence-electron chi connectivity index (χ3n) is 3.05. The molecule has 2 rings (SSSR count). The maximum absolute atomic E-state index is 12.0. The summed E-state index contributed by atoms with van der Waals surface area (Å²) < 4.78 is 0. The van der Waals surface area contributed by atoms with Gasteiger partial charge in [-0.3, -0.25) is 9.59 Å². The summed E-state index contributed by atoms with van der Waals surface area (Å²) in [6, 6.07) is 7.98. The molecule has 0 aromatic heterocycles. The average Bonchev–Trinajstić information content (AvgIpc) is 2.48. The van der Waals surface area contributed by atoms with Gasteiger partial charge < -0.3 is 10.4 Å². The Morgan fingerprint density at radius 1 is 1.29 bits per heavy atom. The van der Waals surface area contributed by atoms with Crippen molar-refractivity contribution in [3.05, 3.63) is 35.9 Å². The highest BCUT2D eigenvalue weighted by molar-refractivity contribution is 6.39. The van der Waals surface area contributed by atoms with Crippen LogP contribution in [-0.2, 0) is 20.8 Å². The third-order valence-corrected chi connectivity index (χ3v) is 3.05. The predicted octanol–water partition coefficient (Wildman–Crippen LogP) is 0.0645. The van der Waals surface area contributed by atoms with E-state index < -0.39 is 17.9 Å². The lowest BCUT2D eigenvalue weighted by atomic mass is 10.1. The van der Waals surface area contributed by atoms with Crippen molar-refractivity contribution < 1.29 is 19.5 Å². The van der Waals surface area contributed by atoms with E-state index in [0.717, 1.165) is 5.56 Å². The molecule has 0 saturated heterocycles. The smallest absolute Gasteiger partial charge is 0.326 e. The van der Waals surface area contributed by atoms with Gasteiger partial charge in [0.05, 0.1) is 0 Å². The third kappa shape index (κ3) is 4.13. The van der Waals surface area contributed by atoms with Crippen molar-refractivity contribution in [3.63, 3.8) is 0 Å². The molecule has 1 aromatic carbocycles. The number of hydrazone groups is 1. The lowest BCUT2D eigenvalue weighted by molar-refractivity contribution is -0.141. The zero-order chi connectivity index (χ0) is 15.2. The molecular weight excluding hydrogens is 274 g/mol. The van der Waals surface area contributed by atoms with Crippen LogP contribution < -0.4 is 10.7 Å². The normalized spacial score (nSPS) is 15.6. The van der Waals surface area contributed by atoms with Crippen LogP contribution in [0.5, 0.6) is 0 Å². The number of benzene rings is 1. The Morgan fingerprint density at radius 2 is 2.00 bits per heavy atom. The summed E-state index contributed by atoms with van der Waals surface area (Å²) in [4.78, 5) is 34.2. The number of carboxylic acid groups (broad SMARTS) is 1. The highest BCUT2D eigenvalue weighted by atomic mass is 16.4. The Labute approximate surface area is 121 Å². The molecule has 7 nitrogen and oxygen atoms in total. The van der Waals surface area contributed by atoms with Gasteiger partial charge in [0.1, 0.15) is 11.8 Å². The Balaban J connectivity index is 2.01. The molecule has 110 valence electrons. The van der Waals surface area contributed by atoms with E-state index in [2.05, 4.69) is 15.8 Å². The van der Waals surface area contributed by atoms with Crippen LogP contribution in [0.25, 0.3) is 0 Å². The van der Waals surface area contributed by atoms with E-state index in [4.69, 9.17) is 0 Å². The van der Waals surface area contributed by atoms with Gasteiger partial charge in [0.15, 0.2) is 0 Å². The van der Waals surface area contributed by atoms with Gasteiger partial charge in [-0.15, -0.1) is 0 Å².